The highest BCUT2D eigenvalue weighted by Crippen LogP contribution is 2.41. The lowest BCUT2D eigenvalue weighted by Gasteiger charge is -2.25. The first kappa shape index (κ1) is 19.9. The molecule has 0 aliphatic carbocycles. The number of aliphatic hydroxyl groups is 1. The first-order valence-electron chi connectivity index (χ1n) is 9.59. The standard InChI is InChI=1S/C22H21FN2O5/c1-24(2)9-10-25-19(13-3-6-15(23)7-4-13)18(21(27)22(25)28)20(26)14-5-8-16-17(11-14)30-12-29-16/h3-8,11,19,26H,9-10,12H2,1-2H3/p+1. The van der Waals surface area contributed by atoms with Gasteiger partial charge in [0.1, 0.15) is 11.6 Å². The number of nitrogens with zero attached hydrogens (tertiary/aromatic N) is 1. The molecule has 1 atom stereocenters. The number of hydrogen-bond donors (Lipinski definition) is 2. The van der Waals surface area contributed by atoms with Crippen molar-refractivity contribution in [3.8, 4) is 11.5 Å². The van der Waals surface area contributed by atoms with Gasteiger partial charge in [-0.15, -0.1) is 0 Å². The van der Waals surface area contributed by atoms with E-state index in [1.807, 2.05) is 14.1 Å². The van der Waals surface area contributed by atoms with Gasteiger partial charge in [0, 0.05) is 5.56 Å². The van der Waals surface area contributed by atoms with Crippen molar-refractivity contribution in [1.82, 2.24) is 4.90 Å². The number of nitrogens with one attached hydrogen (secondary N) is 1. The minimum atomic E-state index is -0.810. The molecule has 4 rings (SSSR count). The number of benzene rings is 2. The molecule has 0 bridgehead atoms. The van der Waals surface area contributed by atoms with Gasteiger partial charge in [-0.3, -0.25) is 9.59 Å². The number of fused-ring (bicyclic) bond motifs is 1. The quantitative estimate of drug-likeness (QED) is 0.436. The van der Waals surface area contributed by atoms with Crippen LogP contribution in [0, 0.1) is 5.82 Å². The molecule has 0 spiro atoms. The van der Waals surface area contributed by atoms with Gasteiger partial charge in [0.15, 0.2) is 11.5 Å². The van der Waals surface area contributed by atoms with E-state index >= 15 is 0 Å². The number of halogens is 1. The number of likely N-dealkylation sites (N-methyl/N-ethyl adjacent to an activating group) is 1. The minimum Gasteiger partial charge on any atom is -0.507 e. The van der Waals surface area contributed by atoms with Gasteiger partial charge in [-0.05, 0) is 35.9 Å². The molecule has 30 heavy (non-hydrogen) atoms. The lowest BCUT2D eigenvalue weighted by Crippen LogP contribution is -3.06. The van der Waals surface area contributed by atoms with Gasteiger partial charge < -0.3 is 24.4 Å². The van der Waals surface area contributed by atoms with E-state index in [2.05, 4.69) is 0 Å². The Bertz CT molecular complexity index is 1030. The van der Waals surface area contributed by atoms with Crippen LogP contribution < -0.4 is 14.4 Å². The fraction of sp³-hybridized carbons (Fsp3) is 0.273. The van der Waals surface area contributed by atoms with E-state index in [1.54, 1.807) is 18.2 Å². The van der Waals surface area contributed by atoms with E-state index in [1.165, 1.54) is 29.2 Å². The molecule has 0 radical (unpaired) electrons. The third-order valence-corrected chi connectivity index (χ3v) is 5.22. The molecular formula is C22H22FN2O5+. The Morgan fingerprint density at radius 3 is 2.53 bits per heavy atom. The van der Waals surface area contributed by atoms with Crippen molar-refractivity contribution in [2.45, 2.75) is 6.04 Å². The number of amides is 1. The Balaban J connectivity index is 1.82. The van der Waals surface area contributed by atoms with Crippen molar-refractivity contribution in [2.75, 3.05) is 34.0 Å². The maximum Gasteiger partial charge on any atom is 0.295 e. The monoisotopic (exact) mass is 413 g/mol. The SMILES string of the molecule is C[NH+](C)CCN1C(=O)C(=O)C(=C(O)c2ccc3c(c2)OCO3)C1c1ccc(F)cc1. The zero-order chi connectivity index (χ0) is 21.4. The van der Waals surface area contributed by atoms with Crippen molar-refractivity contribution < 1.29 is 33.5 Å². The molecule has 2 aromatic carbocycles. The first-order valence-corrected chi connectivity index (χ1v) is 9.59. The van der Waals surface area contributed by atoms with Gasteiger partial charge in [0.25, 0.3) is 11.7 Å². The number of aliphatic hydroxyl groups excluding tert-OH is 1. The summed E-state index contributed by atoms with van der Waals surface area (Å²) in [6.07, 6.45) is 0. The van der Waals surface area contributed by atoms with Crippen LogP contribution in [0.25, 0.3) is 5.76 Å². The number of hydrogen-bond acceptors (Lipinski definition) is 5. The smallest absolute Gasteiger partial charge is 0.295 e. The zero-order valence-corrected chi connectivity index (χ0v) is 16.6. The minimum absolute atomic E-state index is 0.0285. The Hall–Kier alpha value is -3.39. The average Bonchev–Trinajstić information content (AvgIpc) is 3.29. The summed E-state index contributed by atoms with van der Waals surface area (Å²) in [5.74, 6) is -1.20. The van der Waals surface area contributed by atoms with Crippen LogP contribution in [0.2, 0.25) is 0 Å². The summed E-state index contributed by atoms with van der Waals surface area (Å²) in [4.78, 5) is 28.3. The highest BCUT2D eigenvalue weighted by Gasteiger charge is 2.46. The molecule has 0 saturated carbocycles. The summed E-state index contributed by atoms with van der Waals surface area (Å²) in [6.45, 7) is 0.994. The Morgan fingerprint density at radius 1 is 1.13 bits per heavy atom. The molecule has 1 fully saturated rings. The summed E-state index contributed by atoms with van der Waals surface area (Å²) < 4.78 is 24.1. The molecule has 1 saturated heterocycles. The number of Topliss-reactive ketones (excluding diaryl/α,β-unsaturated/α-hetero) is 1. The van der Waals surface area contributed by atoms with E-state index < -0.39 is 23.5 Å². The maximum absolute atomic E-state index is 13.5. The molecule has 2 heterocycles. The zero-order valence-electron chi connectivity index (χ0n) is 16.6. The number of carbonyl (C=O) groups excluding carboxylic acids is 2. The fourth-order valence-corrected chi connectivity index (χ4v) is 3.65. The molecule has 0 aromatic heterocycles. The molecule has 8 heteroatoms. The Morgan fingerprint density at radius 2 is 1.83 bits per heavy atom. The van der Waals surface area contributed by atoms with Crippen molar-refractivity contribution in [3.05, 3.63) is 65.0 Å². The number of rotatable bonds is 5. The van der Waals surface area contributed by atoms with Gasteiger partial charge in [0.05, 0.1) is 38.8 Å². The number of likely N-dealkylation sites (tertiary alicyclic amines) is 1. The summed E-state index contributed by atoms with van der Waals surface area (Å²) in [5, 5.41) is 11.0. The molecule has 2 aliphatic rings. The van der Waals surface area contributed by atoms with Crippen LogP contribution in [0.15, 0.2) is 48.0 Å². The van der Waals surface area contributed by atoms with Gasteiger partial charge in [-0.1, -0.05) is 12.1 Å². The molecule has 156 valence electrons. The lowest BCUT2D eigenvalue weighted by molar-refractivity contribution is -0.857. The van der Waals surface area contributed by atoms with Crippen LogP contribution in [0.3, 0.4) is 0 Å². The predicted octanol–water partition coefficient (Wildman–Crippen LogP) is 1.12. The van der Waals surface area contributed by atoms with Gasteiger partial charge >= 0.3 is 0 Å². The van der Waals surface area contributed by atoms with Crippen molar-refractivity contribution in [3.63, 3.8) is 0 Å². The van der Waals surface area contributed by atoms with Crippen LogP contribution >= 0.6 is 0 Å². The fourth-order valence-electron chi connectivity index (χ4n) is 3.65. The molecule has 1 unspecified atom stereocenters. The topological polar surface area (TPSA) is 80.5 Å². The van der Waals surface area contributed by atoms with Crippen molar-refractivity contribution in [1.29, 1.82) is 0 Å². The summed E-state index contributed by atoms with van der Waals surface area (Å²) in [5.41, 5.74) is 0.855. The van der Waals surface area contributed by atoms with E-state index in [4.69, 9.17) is 9.47 Å². The summed E-state index contributed by atoms with van der Waals surface area (Å²) in [7, 11) is 3.88. The van der Waals surface area contributed by atoms with Crippen LogP contribution in [-0.4, -0.2) is 55.7 Å². The molecule has 2 aliphatic heterocycles. The number of ketones is 1. The van der Waals surface area contributed by atoms with E-state index in [0.29, 0.717) is 35.7 Å². The van der Waals surface area contributed by atoms with Gasteiger partial charge in [-0.25, -0.2) is 4.39 Å². The van der Waals surface area contributed by atoms with E-state index in [-0.39, 0.29) is 18.1 Å². The first-order chi connectivity index (χ1) is 14.4. The molecule has 7 nitrogen and oxygen atoms in total. The largest absolute Gasteiger partial charge is 0.507 e. The van der Waals surface area contributed by atoms with Crippen molar-refractivity contribution in [2.24, 2.45) is 0 Å². The maximum atomic E-state index is 13.5. The molecule has 2 aromatic rings. The normalized spacial score (nSPS) is 19.7. The van der Waals surface area contributed by atoms with Gasteiger partial charge in [0.2, 0.25) is 6.79 Å². The average molecular weight is 413 g/mol. The van der Waals surface area contributed by atoms with E-state index in [9.17, 15) is 19.1 Å². The Kier molecular flexibility index (Phi) is 5.17. The highest BCUT2D eigenvalue weighted by molar-refractivity contribution is 6.46. The Labute approximate surface area is 172 Å². The summed E-state index contributed by atoms with van der Waals surface area (Å²) >= 11 is 0. The molecular weight excluding hydrogens is 391 g/mol. The second kappa shape index (κ2) is 7.79. The van der Waals surface area contributed by atoms with Gasteiger partial charge in [-0.2, -0.15) is 0 Å². The second-order valence-corrected chi connectivity index (χ2v) is 7.57. The predicted molar refractivity (Wildman–Crippen MR) is 106 cm³/mol. The highest BCUT2D eigenvalue weighted by atomic mass is 19.1. The van der Waals surface area contributed by atoms with E-state index in [0.717, 1.165) is 4.90 Å². The van der Waals surface area contributed by atoms with Crippen molar-refractivity contribution >= 4 is 17.4 Å². The third kappa shape index (κ3) is 3.50. The molecule has 1 amide bonds. The third-order valence-electron chi connectivity index (χ3n) is 5.22. The van der Waals surface area contributed by atoms with Crippen LogP contribution in [0.1, 0.15) is 17.2 Å². The van der Waals surface area contributed by atoms with Crippen LogP contribution in [0.5, 0.6) is 11.5 Å². The van der Waals surface area contributed by atoms with Crippen LogP contribution in [-0.2, 0) is 9.59 Å². The number of ether oxygens (including phenoxy) is 2. The number of carbonyl (C=O) groups is 2. The summed E-state index contributed by atoms with van der Waals surface area (Å²) in [6, 6.07) is 9.58. The lowest BCUT2D eigenvalue weighted by atomic mass is 9.95. The second-order valence-electron chi connectivity index (χ2n) is 7.57. The number of quaternary nitrogens is 1. The molecule has 2 N–H and O–H groups in total. The van der Waals surface area contributed by atoms with Crippen LogP contribution in [0.4, 0.5) is 4.39 Å².